The summed E-state index contributed by atoms with van der Waals surface area (Å²) in [5.74, 6) is -1.36. The molecule has 0 fully saturated rings. The van der Waals surface area contributed by atoms with E-state index >= 15 is 0 Å². The van der Waals surface area contributed by atoms with Crippen LogP contribution in [0.15, 0.2) is 48.5 Å². The van der Waals surface area contributed by atoms with Crippen LogP contribution in [0.25, 0.3) is 11.1 Å². The Labute approximate surface area is 194 Å². The van der Waals surface area contributed by atoms with Crippen molar-refractivity contribution in [1.29, 1.82) is 0 Å². The number of aliphatic carboxylic acids is 1. The Balaban J connectivity index is 1.59. The fourth-order valence-corrected chi connectivity index (χ4v) is 4.17. The number of carbonyl (C=O) groups excluding carboxylic acids is 2. The smallest absolute Gasteiger partial charge is 0.407 e. The fourth-order valence-electron chi connectivity index (χ4n) is 4.17. The zero-order chi connectivity index (χ0) is 24.0. The minimum absolute atomic E-state index is 0.0792. The number of carbonyl (C=O) groups is 3. The first-order chi connectivity index (χ1) is 15.8. The number of hydrogen-bond acceptors (Lipinski definition) is 4. The van der Waals surface area contributed by atoms with Gasteiger partial charge < -0.3 is 20.5 Å². The second-order valence-electron chi connectivity index (χ2n) is 8.80. The molecular formula is C26H32N2O5. The molecule has 0 saturated carbocycles. The van der Waals surface area contributed by atoms with Gasteiger partial charge in [0.25, 0.3) is 0 Å². The summed E-state index contributed by atoms with van der Waals surface area (Å²) >= 11 is 0. The van der Waals surface area contributed by atoms with Gasteiger partial charge in [-0.15, -0.1) is 0 Å². The van der Waals surface area contributed by atoms with Gasteiger partial charge in [0.1, 0.15) is 18.7 Å². The van der Waals surface area contributed by atoms with Crippen LogP contribution >= 0.6 is 0 Å². The van der Waals surface area contributed by atoms with Gasteiger partial charge in [-0.25, -0.2) is 9.59 Å². The summed E-state index contributed by atoms with van der Waals surface area (Å²) in [6, 6.07) is 14.2. The van der Waals surface area contributed by atoms with Crippen molar-refractivity contribution in [2.45, 2.75) is 58.0 Å². The summed E-state index contributed by atoms with van der Waals surface area (Å²) in [5.41, 5.74) is 4.47. The predicted molar refractivity (Wildman–Crippen MR) is 126 cm³/mol. The third kappa shape index (κ3) is 5.92. The number of carboxylic acid groups (broad SMARTS) is 1. The second-order valence-corrected chi connectivity index (χ2v) is 8.80. The Morgan fingerprint density at radius 2 is 1.48 bits per heavy atom. The highest BCUT2D eigenvalue weighted by Gasteiger charge is 2.30. The van der Waals surface area contributed by atoms with E-state index in [1.54, 1.807) is 6.92 Å². The molecule has 0 bridgehead atoms. The van der Waals surface area contributed by atoms with Crippen LogP contribution in [0, 0.1) is 5.92 Å². The molecule has 1 aliphatic carbocycles. The van der Waals surface area contributed by atoms with E-state index in [0.29, 0.717) is 25.2 Å². The van der Waals surface area contributed by atoms with E-state index < -0.39 is 30.1 Å². The van der Waals surface area contributed by atoms with Crippen LogP contribution in [-0.2, 0) is 14.3 Å². The van der Waals surface area contributed by atoms with E-state index in [9.17, 15) is 19.5 Å². The minimum atomic E-state index is -1.08. The van der Waals surface area contributed by atoms with E-state index in [2.05, 4.69) is 22.8 Å². The lowest BCUT2D eigenvalue weighted by Gasteiger charge is -2.21. The first kappa shape index (κ1) is 24.3. The van der Waals surface area contributed by atoms with Crippen molar-refractivity contribution in [2.75, 3.05) is 6.61 Å². The van der Waals surface area contributed by atoms with Gasteiger partial charge in [0.2, 0.25) is 5.91 Å². The number of amides is 2. The molecule has 2 aromatic rings. The van der Waals surface area contributed by atoms with Crippen LogP contribution in [0.4, 0.5) is 4.79 Å². The largest absolute Gasteiger partial charge is 0.480 e. The maximum absolute atomic E-state index is 12.6. The molecule has 0 radical (unpaired) electrons. The maximum Gasteiger partial charge on any atom is 0.407 e. The van der Waals surface area contributed by atoms with E-state index in [-0.39, 0.29) is 12.5 Å². The number of fused-ring (bicyclic) bond motifs is 3. The molecule has 0 heterocycles. The van der Waals surface area contributed by atoms with Gasteiger partial charge in [0.05, 0.1) is 0 Å². The molecule has 2 amide bonds. The van der Waals surface area contributed by atoms with E-state index in [1.165, 1.54) is 0 Å². The average molecular weight is 453 g/mol. The fraction of sp³-hybridized carbons (Fsp3) is 0.423. The summed E-state index contributed by atoms with van der Waals surface area (Å²) in [7, 11) is 0. The average Bonchev–Trinajstić information content (AvgIpc) is 3.12. The van der Waals surface area contributed by atoms with Gasteiger partial charge in [-0.05, 0) is 47.4 Å². The molecule has 0 spiro atoms. The molecule has 2 aromatic carbocycles. The number of benzene rings is 2. The van der Waals surface area contributed by atoms with Crippen LogP contribution in [-0.4, -0.2) is 41.8 Å². The van der Waals surface area contributed by atoms with Crippen LogP contribution in [0.5, 0.6) is 0 Å². The molecule has 1 aliphatic rings. The Morgan fingerprint density at radius 1 is 0.909 bits per heavy atom. The van der Waals surface area contributed by atoms with Crippen molar-refractivity contribution >= 4 is 18.0 Å². The number of alkyl carbamates (subject to hydrolysis) is 1. The van der Waals surface area contributed by atoms with E-state index in [4.69, 9.17) is 4.74 Å². The van der Waals surface area contributed by atoms with E-state index in [0.717, 1.165) is 22.3 Å². The molecule has 176 valence electrons. The SMILES string of the molecule is CC[C@H](NC(=O)OCC1c2ccccc2-c2ccccc21)C(=O)NC(CCC(C)C)C(=O)O. The molecule has 0 aromatic heterocycles. The summed E-state index contributed by atoms with van der Waals surface area (Å²) in [6.07, 6.45) is 0.619. The summed E-state index contributed by atoms with van der Waals surface area (Å²) in [6.45, 7) is 5.88. The molecule has 7 nitrogen and oxygen atoms in total. The Kier molecular flexibility index (Phi) is 8.09. The lowest BCUT2D eigenvalue weighted by molar-refractivity contribution is -0.142. The van der Waals surface area contributed by atoms with Crippen LogP contribution < -0.4 is 10.6 Å². The third-order valence-corrected chi connectivity index (χ3v) is 6.01. The molecule has 2 atom stereocenters. The molecule has 1 unspecified atom stereocenters. The lowest BCUT2D eigenvalue weighted by atomic mass is 9.98. The summed E-state index contributed by atoms with van der Waals surface area (Å²) in [4.78, 5) is 36.6. The molecule has 0 saturated heterocycles. The van der Waals surface area contributed by atoms with Crippen molar-refractivity contribution in [3.8, 4) is 11.1 Å². The zero-order valence-electron chi connectivity index (χ0n) is 19.3. The number of ether oxygens (including phenoxy) is 1. The van der Waals surface area contributed by atoms with Gasteiger partial charge in [-0.1, -0.05) is 69.3 Å². The standard InChI is InChI=1S/C26H32N2O5/c1-4-22(24(29)27-23(25(30)31)14-13-16(2)3)28-26(32)33-15-21-19-11-7-5-9-17(19)18-10-6-8-12-20(18)21/h5-12,16,21-23H,4,13-15H2,1-3H3,(H,27,29)(H,28,32)(H,30,31)/t22-,23?/m0/s1. The highest BCUT2D eigenvalue weighted by Crippen LogP contribution is 2.44. The third-order valence-electron chi connectivity index (χ3n) is 6.01. The topological polar surface area (TPSA) is 105 Å². The molecule has 3 N–H and O–H groups in total. The molecular weight excluding hydrogens is 420 g/mol. The maximum atomic E-state index is 12.6. The summed E-state index contributed by atoms with van der Waals surface area (Å²) < 4.78 is 5.51. The second kappa shape index (κ2) is 11.0. The molecule has 7 heteroatoms. The Hall–Kier alpha value is -3.35. The Bertz CT molecular complexity index is 958. The van der Waals surface area contributed by atoms with Crippen LogP contribution in [0.3, 0.4) is 0 Å². The molecule has 3 rings (SSSR count). The molecule has 0 aliphatic heterocycles. The van der Waals surface area contributed by atoms with Crippen LogP contribution in [0.1, 0.15) is 57.1 Å². The summed E-state index contributed by atoms with van der Waals surface area (Å²) in [5, 5.41) is 14.5. The number of nitrogens with one attached hydrogen (secondary N) is 2. The van der Waals surface area contributed by atoms with Crippen molar-refractivity contribution in [3.63, 3.8) is 0 Å². The van der Waals surface area contributed by atoms with Gasteiger partial charge in [0.15, 0.2) is 0 Å². The van der Waals surface area contributed by atoms with Gasteiger partial charge >= 0.3 is 12.1 Å². The monoisotopic (exact) mass is 452 g/mol. The normalized spacial score (nSPS) is 14.2. The first-order valence-electron chi connectivity index (χ1n) is 11.5. The van der Waals surface area contributed by atoms with Crippen molar-refractivity contribution in [3.05, 3.63) is 59.7 Å². The number of carboxylic acids is 1. The van der Waals surface area contributed by atoms with Gasteiger partial charge in [-0.3, -0.25) is 4.79 Å². The van der Waals surface area contributed by atoms with Crippen molar-refractivity contribution in [2.24, 2.45) is 5.92 Å². The Morgan fingerprint density at radius 3 is 2.00 bits per heavy atom. The number of rotatable bonds is 10. The highest BCUT2D eigenvalue weighted by atomic mass is 16.5. The van der Waals surface area contributed by atoms with Crippen LogP contribution in [0.2, 0.25) is 0 Å². The first-order valence-corrected chi connectivity index (χ1v) is 11.5. The number of hydrogen-bond donors (Lipinski definition) is 3. The minimum Gasteiger partial charge on any atom is -0.480 e. The highest BCUT2D eigenvalue weighted by molar-refractivity contribution is 5.89. The van der Waals surface area contributed by atoms with E-state index in [1.807, 2.05) is 50.2 Å². The lowest BCUT2D eigenvalue weighted by Crippen LogP contribution is -2.51. The predicted octanol–water partition coefficient (Wildman–Crippen LogP) is 4.31. The van der Waals surface area contributed by atoms with Crippen molar-refractivity contribution in [1.82, 2.24) is 10.6 Å². The van der Waals surface area contributed by atoms with Gasteiger partial charge in [-0.2, -0.15) is 0 Å². The zero-order valence-corrected chi connectivity index (χ0v) is 19.3. The quantitative estimate of drug-likeness (QED) is 0.498. The van der Waals surface area contributed by atoms with Gasteiger partial charge in [0, 0.05) is 5.92 Å². The van der Waals surface area contributed by atoms with Crippen molar-refractivity contribution < 1.29 is 24.2 Å². The molecule has 33 heavy (non-hydrogen) atoms.